The molecule has 0 N–H and O–H groups in total. The summed E-state index contributed by atoms with van der Waals surface area (Å²) in [6.45, 7) is 2.68. The van der Waals surface area contributed by atoms with E-state index in [1.807, 2.05) is 41.3 Å². The van der Waals surface area contributed by atoms with Crippen LogP contribution in [0, 0.1) is 18.3 Å². The maximum atomic E-state index is 13.0. The van der Waals surface area contributed by atoms with Crippen LogP contribution >= 0.6 is 0 Å². The predicted octanol–water partition coefficient (Wildman–Crippen LogP) is 4.10. The molecule has 27 heavy (non-hydrogen) atoms. The predicted molar refractivity (Wildman–Crippen MR) is 108 cm³/mol. The molecule has 2 aromatic rings. The summed E-state index contributed by atoms with van der Waals surface area (Å²) in [4.78, 5) is 15.0. The second-order valence-electron chi connectivity index (χ2n) is 7.12. The second kappa shape index (κ2) is 9.94. The number of carbonyl (C=O) groups excluding carboxylic acids is 1. The van der Waals surface area contributed by atoms with Gasteiger partial charge in [-0.05, 0) is 29.9 Å². The summed E-state index contributed by atoms with van der Waals surface area (Å²) in [5.74, 6) is 3.33. The van der Waals surface area contributed by atoms with Gasteiger partial charge in [0.15, 0.2) is 0 Å². The number of terminal acetylenes is 1. The first kappa shape index (κ1) is 19.2. The molecule has 3 rings (SSSR count). The van der Waals surface area contributed by atoms with Crippen molar-refractivity contribution >= 4 is 5.91 Å². The van der Waals surface area contributed by atoms with Crippen molar-refractivity contribution in [1.29, 1.82) is 0 Å². The Kier molecular flexibility index (Phi) is 7.07. The van der Waals surface area contributed by atoms with Crippen molar-refractivity contribution in [2.45, 2.75) is 25.2 Å². The molecule has 0 atom stereocenters. The average Bonchev–Trinajstić information content (AvgIpc) is 2.74. The van der Waals surface area contributed by atoms with Crippen LogP contribution in [-0.4, -0.2) is 37.1 Å². The Morgan fingerprint density at radius 2 is 1.59 bits per heavy atom. The van der Waals surface area contributed by atoms with Crippen LogP contribution in [0.5, 0.6) is 0 Å². The molecular formula is C24H27NO2. The average molecular weight is 361 g/mol. The van der Waals surface area contributed by atoms with E-state index in [0.717, 1.165) is 25.9 Å². The monoisotopic (exact) mass is 361 g/mol. The van der Waals surface area contributed by atoms with Crippen molar-refractivity contribution in [1.82, 2.24) is 4.90 Å². The van der Waals surface area contributed by atoms with E-state index in [9.17, 15) is 4.79 Å². The van der Waals surface area contributed by atoms with E-state index < -0.39 is 0 Å². The molecule has 0 radical (unpaired) electrons. The van der Waals surface area contributed by atoms with E-state index in [4.69, 9.17) is 11.2 Å². The number of piperidine rings is 1. The number of nitrogens with zero attached hydrogens (tertiary/aromatic N) is 1. The third-order valence-corrected chi connectivity index (χ3v) is 5.29. The summed E-state index contributed by atoms with van der Waals surface area (Å²) >= 11 is 0. The Hall–Kier alpha value is -2.57. The zero-order chi connectivity index (χ0) is 18.9. The zero-order valence-electron chi connectivity index (χ0n) is 15.7. The molecule has 3 heteroatoms. The molecular weight excluding hydrogens is 334 g/mol. The number of carbonyl (C=O) groups is 1. The number of ether oxygens (including phenoxy) is 1. The Bertz CT molecular complexity index is 703. The van der Waals surface area contributed by atoms with E-state index in [1.54, 1.807) is 0 Å². The number of rotatable bonds is 7. The molecule has 1 saturated heterocycles. The molecule has 0 unspecified atom stereocenters. The van der Waals surface area contributed by atoms with Gasteiger partial charge in [0, 0.05) is 25.4 Å². The van der Waals surface area contributed by atoms with E-state index in [1.165, 1.54) is 11.1 Å². The zero-order valence-corrected chi connectivity index (χ0v) is 15.7. The molecule has 140 valence electrons. The summed E-state index contributed by atoms with van der Waals surface area (Å²) in [5.41, 5.74) is 2.38. The SMILES string of the molecule is C#CCOCC1CCN(C(=O)CC(c2ccccc2)c2ccccc2)CC1. The topological polar surface area (TPSA) is 29.5 Å². The van der Waals surface area contributed by atoms with Gasteiger partial charge >= 0.3 is 0 Å². The van der Waals surface area contributed by atoms with Crippen molar-refractivity contribution in [3.8, 4) is 12.3 Å². The molecule has 1 amide bonds. The van der Waals surface area contributed by atoms with Crippen LogP contribution in [0.25, 0.3) is 0 Å². The Morgan fingerprint density at radius 1 is 1.04 bits per heavy atom. The molecule has 0 spiro atoms. The highest BCUT2D eigenvalue weighted by Gasteiger charge is 2.26. The van der Waals surface area contributed by atoms with Gasteiger partial charge < -0.3 is 9.64 Å². The third kappa shape index (κ3) is 5.45. The van der Waals surface area contributed by atoms with Crippen molar-refractivity contribution < 1.29 is 9.53 Å². The summed E-state index contributed by atoms with van der Waals surface area (Å²) in [6, 6.07) is 20.6. The quantitative estimate of drug-likeness (QED) is 0.549. The van der Waals surface area contributed by atoms with Gasteiger partial charge in [-0.1, -0.05) is 66.6 Å². The van der Waals surface area contributed by atoms with Crippen LogP contribution in [0.1, 0.15) is 36.3 Å². The molecule has 0 bridgehead atoms. The van der Waals surface area contributed by atoms with Gasteiger partial charge in [-0.15, -0.1) is 6.42 Å². The van der Waals surface area contributed by atoms with Gasteiger partial charge in [-0.3, -0.25) is 4.79 Å². The molecule has 0 saturated carbocycles. The maximum absolute atomic E-state index is 13.0. The molecule has 0 aromatic heterocycles. The lowest BCUT2D eigenvalue weighted by Gasteiger charge is -2.33. The highest BCUT2D eigenvalue weighted by atomic mass is 16.5. The standard InChI is InChI=1S/C24H27NO2/c1-2-17-27-19-20-13-15-25(16-14-20)24(26)18-23(21-9-5-3-6-10-21)22-11-7-4-8-12-22/h1,3-12,20,23H,13-19H2. The minimum absolute atomic E-state index is 0.0941. The summed E-state index contributed by atoms with van der Waals surface area (Å²) in [7, 11) is 0. The van der Waals surface area contributed by atoms with Crippen LogP contribution in [0.2, 0.25) is 0 Å². The minimum atomic E-state index is 0.0941. The fraction of sp³-hybridized carbons (Fsp3) is 0.375. The summed E-state index contributed by atoms with van der Waals surface area (Å²) in [5, 5.41) is 0. The first-order chi connectivity index (χ1) is 13.3. The molecule has 1 aliphatic rings. The lowest BCUT2D eigenvalue weighted by Crippen LogP contribution is -2.40. The van der Waals surface area contributed by atoms with E-state index in [0.29, 0.717) is 25.6 Å². The summed E-state index contributed by atoms with van der Waals surface area (Å²) < 4.78 is 5.46. The van der Waals surface area contributed by atoms with Gasteiger partial charge in [0.2, 0.25) is 5.91 Å². The minimum Gasteiger partial charge on any atom is -0.369 e. The highest BCUT2D eigenvalue weighted by molar-refractivity contribution is 5.78. The molecule has 1 heterocycles. The lowest BCUT2D eigenvalue weighted by molar-refractivity contribution is -0.133. The number of hydrogen-bond donors (Lipinski definition) is 0. The Morgan fingerprint density at radius 3 is 2.11 bits per heavy atom. The maximum Gasteiger partial charge on any atom is 0.223 e. The van der Waals surface area contributed by atoms with Crippen molar-refractivity contribution in [3.63, 3.8) is 0 Å². The normalized spacial score (nSPS) is 14.9. The third-order valence-electron chi connectivity index (χ3n) is 5.29. The van der Waals surface area contributed by atoms with E-state index in [2.05, 4.69) is 30.2 Å². The van der Waals surface area contributed by atoms with Crippen molar-refractivity contribution in [2.24, 2.45) is 5.92 Å². The van der Waals surface area contributed by atoms with Gasteiger partial charge in [-0.25, -0.2) is 0 Å². The van der Waals surface area contributed by atoms with Crippen LogP contribution in [0.15, 0.2) is 60.7 Å². The van der Waals surface area contributed by atoms with Gasteiger partial charge in [0.1, 0.15) is 6.61 Å². The van der Waals surface area contributed by atoms with Gasteiger partial charge in [0.25, 0.3) is 0 Å². The van der Waals surface area contributed by atoms with Crippen molar-refractivity contribution in [3.05, 3.63) is 71.8 Å². The highest BCUT2D eigenvalue weighted by Crippen LogP contribution is 2.29. The van der Waals surface area contributed by atoms with E-state index >= 15 is 0 Å². The largest absolute Gasteiger partial charge is 0.369 e. The number of amides is 1. The fourth-order valence-electron chi connectivity index (χ4n) is 3.74. The summed E-state index contributed by atoms with van der Waals surface area (Å²) in [6.07, 6.45) is 7.69. The van der Waals surface area contributed by atoms with Crippen LogP contribution in [-0.2, 0) is 9.53 Å². The molecule has 2 aromatic carbocycles. The first-order valence-corrected chi connectivity index (χ1v) is 9.67. The Balaban J connectivity index is 1.62. The van der Waals surface area contributed by atoms with Crippen molar-refractivity contribution in [2.75, 3.05) is 26.3 Å². The molecule has 0 aliphatic carbocycles. The number of benzene rings is 2. The van der Waals surface area contributed by atoms with E-state index in [-0.39, 0.29) is 11.8 Å². The molecule has 1 fully saturated rings. The van der Waals surface area contributed by atoms with Crippen LogP contribution in [0.4, 0.5) is 0 Å². The molecule has 3 nitrogen and oxygen atoms in total. The molecule has 1 aliphatic heterocycles. The van der Waals surface area contributed by atoms with Gasteiger partial charge in [-0.2, -0.15) is 0 Å². The first-order valence-electron chi connectivity index (χ1n) is 9.67. The van der Waals surface area contributed by atoms with Crippen LogP contribution < -0.4 is 0 Å². The smallest absolute Gasteiger partial charge is 0.223 e. The number of hydrogen-bond acceptors (Lipinski definition) is 2. The van der Waals surface area contributed by atoms with Crippen LogP contribution in [0.3, 0.4) is 0 Å². The van der Waals surface area contributed by atoms with Gasteiger partial charge in [0.05, 0.1) is 6.61 Å². The number of likely N-dealkylation sites (tertiary alicyclic amines) is 1. The fourth-order valence-corrected chi connectivity index (χ4v) is 3.74. The lowest BCUT2D eigenvalue weighted by atomic mass is 9.87. The second-order valence-corrected chi connectivity index (χ2v) is 7.12. The Labute approximate surface area is 162 Å².